The van der Waals surface area contributed by atoms with Crippen LogP contribution in [0.3, 0.4) is 0 Å². The van der Waals surface area contributed by atoms with Gasteiger partial charge >= 0.3 is 22.3 Å². The average Bonchev–Trinajstić information content (AvgIpc) is 2.09. The van der Waals surface area contributed by atoms with Crippen LogP contribution >= 0.6 is 0 Å². The van der Waals surface area contributed by atoms with Gasteiger partial charge in [-0.3, -0.25) is 4.79 Å². The molecule has 2 N–H and O–H groups in total. The zero-order valence-corrected chi connectivity index (χ0v) is 12.7. The molecule has 1 amide bonds. The van der Waals surface area contributed by atoms with Crippen LogP contribution in [0.4, 0.5) is 4.79 Å². The molecule has 112 valence electrons. The van der Waals surface area contributed by atoms with Crippen LogP contribution in [-0.4, -0.2) is 38.7 Å². The summed E-state index contributed by atoms with van der Waals surface area (Å²) in [6, 6.07) is 0. The molecule has 0 aromatic rings. The fraction of sp³-hybridized carbons (Fsp3) is 0.800. The Morgan fingerprint density at radius 1 is 1.05 bits per heavy atom. The van der Waals surface area contributed by atoms with Crippen molar-refractivity contribution in [1.82, 2.24) is 9.44 Å². The van der Waals surface area contributed by atoms with Crippen molar-refractivity contribution >= 4 is 22.3 Å². The summed E-state index contributed by atoms with van der Waals surface area (Å²) in [6.45, 7) is 7.36. The largest absolute Gasteiger partial charge is 0.468 e. The van der Waals surface area contributed by atoms with Crippen molar-refractivity contribution < 1.29 is 27.5 Å². The van der Waals surface area contributed by atoms with E-state index in [0.717, 1.165) is 7.11 Å². The van der Waals surface area contributed by atoms with Crippen LogP contribution in [0, 0.1) is 0 Å². The van der Waals surface area contributed by atoms with E-state index in [2.05, 4.69) is 4.74 Å². The number of carbonyl (C=O) groups excluding carboxylic acids is 2. The Balaban J connectivity index is 4.75. The summed E-state index contributed by atoms with van der Waals surface area (Å²) in [5, 5.41) is 0. The Hall–Kier alpha value is -1.35. The molecule has 19 heavy (non-hydrogen) atoms. The predicted octanol–water partition coefficient (Wildman–Crippen LogP) is 0.297. The molecule has 9 heteroatoms. The van der Waals surface area contributed by atoms with Crippen molar-refractivity contribution in [2.75, 3.05) is 7.11 Å². The summed E-state index contributed by atoms with van der Waals surface area (Å²) in [6.07, 6.45) is -1.14. The molecule has 0 aromatic carbocycles. The Labute approximate surface area is 113 Å². The van der Waals surface area contributed by atoms with Gasteiger partial charge in [-0.1, -0.05) is 0 Å². The first-order chi connectivity index (χ1) is 8.29. The van der Waals surface area contributed by atoms with Gasteiger partial charge in [-0.15, -0.1) is 0 Å². The van der Waals surface area contributed by atoms with E-state index in [1.807, 2.05) is 4.72 Å². The van der Waals surface area contributed by atoms with Crippen LogP contribution in [0.15, 0.2) is 0 Å². The highest BCUT2D eigenvalue weighted by atomic mass is 32.2. The van der Waals surface area contributed by atoms with E-state index in [1.54, 1.807) is 25.5 Å². The topological polar surface area (TPSA) is 111 Å². The molecule has 0 saturated heterocycles. The summed E-state index contributed by atoms with van der Waals surface area (Å²) in [7, 11) is -3.12. The Morgan fingerprint density at radius 2 is 1.53 bits per heavy atom. The van der Waals surface area contributed by atoms with E-state index in [-0.39, 0.29) is 0 Å². The second-order valence-corrected chi connectivity index (χ2v) is 6.74. The standard InChI is InChI=1S/C10H20N2O6S/c1-9(2,3)18-8(14)11-19(15,16)12-10(4,5)7(13)17-6/h12H,1-6H3,(H,11,14). The lowest BCUT2D eigenvalue weighted by molar-refractivity contribution is -0.146. The molecular weight excluding hydrogens is 276 g/mol. The van der Waals surface area contributed by atoms with Crippen molar-refractivity contribution in [3.63, 3.8) is 0 Å². The fourth-order valence-electron chi connectivity index (χ4n) is 1.07. The SMILES string of the molecule is COC(=O)C(C)(C)NS(=O)(=O)NC(=O)OC(C)(C)C. The van der Waals surface area contributed by atoms with Gasteiger partial charge in [0.1, 0.15) is 11.1 Å². The highest BCUT2D eigenvalue weighted by Crippen LogP contribution is 2.08. The average molecular weight is 296 g/mol. The molecule has 0 aliphatic rings. The van der Waals surface area contributed by atoms with E-state index in [9.17, 15) is 18.0 Å². The second kappa shape index (κ2) is 5.74. The van der Waals surface area contributed by atoms with Crippen LogP contribution in [0.1, 0.15) is 34.6 Å². The predicted molar refractivity (Wildman–Crippen MR) is 67.5 cm³/mol. The third-order valence-electron chi connectivity index (χ3n) is 1.70. The minimum absolute atomic E-state index is 0.790. The number of esters is 1. The number of rotatable bonds is 4. The van der Waals surface area contributed by atoms with E-state index < -0.39 is 33.4 Å². The summed E-state index contributed by atoms with van der Waals surface area (Å²) >= 11 is 0. The second-order valence-electron chi connectivity index (χ2n) is 5.33. The molecule has 0 aromatic heterocycles. The van der Waals surface area contributed by atoms with Crippen molar-refractivity contribution in [3.05, 3.63) is 0 Å². The van der Waals surface area contributed by atoms with Gasteiger partial charge in [0.15, 0.2) is 0 Å². The van der Waals surface area contributed by atoms with E-state index >= 15 is 0 Å². The maximum atomic E-state index is 11.6. The Morgan fingerprint density at radius 3 is 1.89 bits per heavy atom. The molecule has 0 bridgehead atoms. The van der Waals surface area contributed by atoms with Crippen LogP contribution in [0.2, 0.25) is 0 Å². The molecule has 0 atom stereocenters. The number of hydrogen-bond acceptors (Lipinski definition) is 6. The Kier molecular flexibility index (Phi) is 5.33. The number of methoxy groups -OCH3 is 1. The molecule has 0 fully saturated rings. The molecule has 0 unspecified atom stereocenters. The first-order valence-corrected chi connectivity index (χ1v) is 6.90. The lowest BCUT2D eigenvalue weighted by Crippen LogP contribution is -2.55. The van der Waals surface area contributed by atoms with Crippen molar-refractivity contribution in [2.45, 2.75) is 45.8 Å². The maximum absolute atomic E-state index is 11.6. The Bertz CT molecular complexity index is 449. The highest BCUT2D eigenvalue weighted by molar-refractivity contribution is 7.88. The lowest BCUT2D eigenvalue weighted by atomic mass is 10.1. The normalized spacial score (nSPS) is 12.7. The van der Waals surface area contributed by atoms with Crippen molar-refractivity contribution in [1.29, 1.82) is 0 Å². The van der Waals surface area contributed by atoms with Crippen LogP contribution in [0.5, 0.6) is 0 Å². The minimum Gasteiger partial charge on any atom is -0.468 e. The maximum Gasteiger partial charge on any atom is 0.422 e. The zero-order valence-electron chi connectivity index (χ0n) is 11.9. The number of ether oxygens (including phenoxy) is 2. The summed E-state index contributed by atoms with van der Waals surface area (Å²) in [5.41, 5.74) is -2.35. The molecule has 0 heterocycles. The molecule has 0 radical (unpaired) electrons. The number of nitrogens with one attached hydrogen (secondary N) is 2. The van der Waals surface area contributed by atoms with Crippen molar-refractivity contribution in [2.24, 2.45) is 0 Å². The number of hydrogen-bond donors (Lipinski definition) is 2. The summed E-state index contributed by atoms with van der Waals surface area (Å²) in [4.78, 5) is 22.7. The molecule has 0 rings (SSSR count). The summed E-state index contributed by atoms with van der Waals surface area (Å²) < 4.78 is 36.1. The minimum atomic E-state index is -4.24. The molecule has 0 saturated carbocycles. The van der Waals surface area contributed by atoms with Gasteiger partial charge < -0.3 is 9.47 Å². The van der Waals surface area contributed by atoms with Gasteiger partial charge in [0.05, 0.1) is 7.11 Å². The van der Waals surface area contributed by atoms with Gasteiger partial charge in [0, 0.05) is 0 Å². The van der Waals surface area contributed by atoms with Gasteiger partial charge in [-0.25, -0.2) is 9.52 Å². The van der Waals surface area contributed by atoms with Gasteiger partial charge in [-0.2, -0.15) is 13.1 Å². The first kappa shape index (κ1) is 17.6. The van der Waals surface area contributed by atoms with Crippen LogP contribution < -0.4 is 9.44 Å². The molecule has 8 nitrogen and oxygen atoms in total. The number of carbonyl (C=O) groups is 2. The molecule has 0 spiro atoms. The lowest BCUT2D eigenvalue weighted by Gasteiger charge is -2.24. The van der Waals surface area contributed by atoms with Crippen molar-refractivity contribution in [3.8, 4) is 0 Å². The van der Waals surface area contributed by atoms with Gasteiger partial charge in [0.25, 0.3) is 0 Å². The van der Waals surface area contributed by atoms with Crippen LogP contribution in [0.25, 0.3) is 0 Å². The highest BCUT2D eigenvalue weighted by Gasteiger charge is 2.34. The van der Waals surface area contributed by atoms with E-state index in [1.165, 1.54) is 13.8 Å². The monoisotopic (exact) mass is 296 g/mol. The molecular formula is C10H20N2O6S. The quantitative estimate of drug-likeness (QED) is 0.722. The first-order valence-electron chi connectivity index (χ1n) is 5.42. The van der Waals surface area contributed by atoms with Gasteiger partial charge in [-0.05, 0) is 34.6 Å². The van der Waals surface area contributed by atoms with E-state index in [4.69, 9.17) is 4.74 Å². The smallest absolute Gasteiger partial charge is 0.422 e. The summed E-state index contributed by atoms with van der Waals surface area (Å²) in [5.74, 6) is -0.790. The fourth-order valence-corrected chi connectivity index (χ4v) is 2.13. The van der Waals surface area contributed by atoms with Crippen LogP contribution in [-0.2, 0) is 24.5 Å². The van der Waals surface area contributed by atoms with E-state index in [0.29, 0.717) is 0 Å². The third-order valence-corrected chi connectivity index (χ3v) is 2.92. The molecule has 0 aliphatic carbocycles. The molecule has 0 aliphatic heterocycles. The third kappa shape index (κ3) is 6.97. The zero-order chi connectivity index (χ0) is 15.5. The number of amides is 1. The van der Waals surface area contributed by atoms with Gasteiger partial charge in [0.2, 0.25) is 0 Å².